The van der Waals surface area contributed by atoms with Crippen molar-refractivity contribution in [2.24, 2.45) is 0 Å². The van der Waals surface area contributed by atoms with Gasteiger partial charge in [0.1, 0.15) is 0 Å². The number of amides is 3. The molecule has 7 rings (SSSR count). The van der Waals surface area contributed by atoms with Crippen LogP contribution in [0.1, 0.15) is 42.9 Å². The second kappa shape index (κ2) is 10.5. The first-order valence-corrected chi connectivity index (χ1v) is 17.8. The van der Waals surface area contributed by atoms with Crippen LogP contribution < -0.4 is 9.80 Å². The number of anilines is 2. The Kier molecular flexibility index (Phi) is 6.82. The summed E-state index contributed by atoms with van der Waals surface area (Å²) in [6.45, 7) is 1.86. The number of nitrogens with zero attached hydrogens (tertiary/aromatic N) is 4. The number of allylic oxidation sites excluding steroid dienone is 1. The van der Waals surface area contributed by atoms with Crippen LogP contribution in [0.5, 0.6) is 0 Å². The second-order valence-corrected chi connectivity index (χ2v) is 16.5. The SMILES string of the molecule is Cc1ccnc(N2C(=O)CC[C@H]2C(=O)N(c2cccc(F)c2)[C@@H]2C(=O)N(C3CC(F)(F)C3)C3=CCI3c3ccccc32)c1. The number of alkyl halides is 3. The fourth-order valence-corrected chi connectivity index (χ4v) is 11.8. The molecule has 4 heterocycles. The molecule has 43 heavy (non-hydrogen) atoms. The third-order valence-electron chi connectivity index (χ3n) is 8.44. The van der Waals surface area contributed by atoms with Crippen LogP contribution in [-0.2, 0) is 14.4 Å². The maximum atomic E-state index is 14.8. The molecule has 0 spiro atoms. The van der Waals surface area contributed by atoms with E-state index < -0.39 is 74.3 Å². The van der Waals surface area contributed by atoms with E-state index in [2.05, 4.69) is 4.98 Å². The molecule has 0 unspecified atom stereocenters. The van der Waals surface area contributed by atoms with Gasteiger partial charge in [-0.3, -0.25) is 0 Å². The number of aryl methyl sites for hydroxylation is 1. The minimum atomic E-state index is -2.85. The Morgan fingerprint density at radius 2 is 1.84 bits per heavy atom. The summed E-state index contributed by atoms with van der Waals surface area (Å²) in [7, 11) is 0. The van der Waals surface area contributed by atoms with Gasteiger partial charge in [0.05, 0.1) is 0 Å². The summed E-state index contributed by atoms with van der Waals surface area (Å²) in [4.78, 5) is 51.2. The number of rotatable bonds is 5. The van der Waals surface area contributed by atoms with Crippen molar-refractivity contribution in [1.29, 1.82) is 0 Å². The van der Waals surface area contributed by atoms with Gasteiger partial charge in [-0.25, -0.2) is 0 Å². The van der Waals surface area contributed by atoms with Crippen LogP contribution in [0.2, 0.25) is 0 Å². The molecule has 222 valence electrons. The van der Waals surface area contributed by atoms with E-state index in [4.69, 9.17) is 0 Å². The molecule has 3 aliphatic heterocycles. The molecule has 1 saturated heterocycles. The van der Waals surface area contributed by atoms with Crippen molar-refractivity contribution >= 4 is 49.0 Å². The molecular weight excluding hydrogens is 672 g/mol. The standard InChI is InChI=1S/C32H28F3IN4O3/c1-19-12-14-37-27(15-19)40-25(9-10-28(40)41)30(42)39(21-6-4-5-20(33)16-21)29-23-7-2-3-8-24(23)36-13-11-26(36)38(31(29)43)22-17-32(34,35)18-22/h2-8,11-12,14-16,22,25,29H,9-10,13,17-18H2,1H3/t25-,29-/m0/s1. The van der Waals surface area contributed by atoms with Crippen molar-refractivity contribution < 1.29 is 27.6 Å². The Hall–Kier alpha value is -3.74. The van der Waals surface area contributed by atoms with Crippen molar-refractivity contribution in [3.8, 4) is 0 Å². The van der Waals surface area contributed by atoms with Crippen LogP contribution in [0.4, 0.5) is 24.7 Å². The van der Waals surface area contributed by atoms with Crippen molar-refractivity contribution in [1.82, 2.24) is 9.88 Å². The number of halogens is 4. The topological polar surface area (TPSA) is 73.8 Å². The quantitative estimate of drug-likeness (QED) is 0.187. The van der Waals surface area contributed by atoms with E-state index >= 15 is 0 Å². The van der Waals surface area contributed by atoms with Gasteiger partial charge in [-0.15, -0.1) is 0 Å². The molecule has 1 aromatic heterocycles. The number of benzene rings is 2. The van der Waals surface area contributed by atoms with E-state index in [9.17, 15) is 27.6 Å². The summed E-state index contributed by atoms with van der Waals surface area (Å²) >= 11 is -2.13. The molecule has 3 amide bonds. The summed E-state index contributed by atoms with van der Waals surface area (Å²) < 4.78 is 45.6. The second-order valence-electron chi connectivity index (χ2n) is 11.3. The van der Waals surface area contributed by atoms with Crippen LogP contribution in [0.15, 0.2) is 76.6 Å². The van der Waals surface area contributed by atoms with E-state index in [0.717, 1.165) is 17.3 Å². The molecule has 2 atom stereocenters. The summed E-state index contributed by atoms with van der Waals surface area (Å²) in [5.41, 5.74) is 1.63. The van der Waals surface area contributed by atoms with Crippen LogP contribution in [0.25, 0.3) is 0 Å². The van der Waals surface area contributed by atoms with E-state index in [1.165, 1.54) is 32.9 Å². The fourth-order valence-electron chi connectivity index (χ4n) is 6.36. The van der Waals surface area contributed by atoms with Gasteiger partial charge >= 0.3 is 255 Å². The summed E-state index contributed by atoms with van der Waals surface area (Å²) in [6.07, 6.45) is 2.91. The van der Waals surface area contributed by atoms with Crippen LogP contribution in [-0.4, -0.2) is 50.0 Å². The molecular formula is C32H28F3IN4O3. The Bertz CT molecular complexity index is 1690. The van der Waals surface area contributed by atoms with Gasteiger partial charge in [0.25, 0.3) is 0 Å². The van der Waals surface area contributed by atoms with Gasteiger partial charge in [0.15, 0.2) is 0 Å². The van der Waals surface area contributed by atoms with Gasteiger partial charge in [-0.2, -0.15) is 0 Å². The first kappa shape index (κ1) is 28.1. The molecule has 0 N–H and O–H groups in total. The van der Waals surface area contributed by atoms with E-state index in [-0.39, 0.29) is 24.4 Å². The number of carbonyl (C=O) groups is 3. The molecule has 4 aliphatic rings. The maximum absolute atomic E-state index is 14.8. The van der Waals surface area contributed by atoms with E-state index in [0.29, 0.717) is 11.4 Å². The number of pyridine rings is 1. The molecule has 2 aromatic carbocycles. The molecule has 0 radical (unpaired) electrons. The zero-order valence-electron chi connectivity index (χ0n) is 23.2. The van der Waals surface area contributed by atoms with Gasteiger partial charge < -0.3 is 0 Å². The van der Waals surface area contributed by atoms with E-state index in [1.807, 2.05) is 31.2 Å². The minimum absolute atomic E-state index is 0.101. The van der Waals surface area contributed by atoms with E-state index in [1.54, 1.807) is 30.5 Å². The Labute approximate surface area is 253 Å². The number of carbonyl (C=O) groups excluding carboxylic acids is 3. The van der Waals surface area contributed by atoms with Gasteiger partial charge in [-0.05, 0) is 0 Å². The van der Waals surface area contributed by atoms with Gasteiger partial charge in [0, 0.05) is 0 Å². The Balaban J connectivity index is 1.38. The zero-order valence-corrected chi connectivity index (χ0v) is 25.4. The number of fused-ring (bicyclic) bond motifs is 3. The normalized spacial score (nSPS) is 23.5. The van der Waals surface area contributed by atoms with Crippen LogP contribution in [0.3, 0.4) is 0 Å². The molecule has 1 aliphatic carbocycles. The zero-order chi connectivity index (χ0) is 30.0. The molecule has 1 saturated carbocycles. The van der Waals surface area contributed by atoms with Crippen molar-refractivity contribution in [3.05, 3.63) is 97.2 Å². The third-order valence-corrected chi connectivity index (χ3v) is 14.4. The predicted octanol–water partition coefficient (Wildman–Crippen LogP) is 5.97. The number of hydrogen-bond donors (Lipinski definition) is 0. The van der Waals surface area contributed by atoms with Gasteiger partial charge in [0.2, 0.25) is 0 Å². The molecule has 11 heteroatoms. The van der Waals surface area contributed by atoms with Gasteiger partial charge in [-0.1, -0.05) is 0 Å². The predicted molar refractivity (Wildman–Crippen MR) is 163 cm³/mol. The first-order chi connectivity index (χ1) is 20.6. The Morgan fingerprint density at radius 1 is 1.05 bits per heavy atom. The van der Waals surface area contributed by atoms with Crippen molar-refractivity contribution in [2.75, 3.05) is 14.2 Å². The van der Waals surface area contributed by atoms with Crippen molar-refractivity contribution in [3.63, 3.8) is 0 Å². The summed E-state index contributed by atoms with van der Waals surface area (Å²) in [5.74, 6) is -4.45. The molecule has 7 nitrogen and oxygen atoms in total. The van der Waals surface area contributed by atoms with Crippen LogP contribution >= 0.6 is 19.8 Å². The summed E-state index contributed by atoms with van der Waals surface area (Å²) in [5, 5.41) is 0. The molecule has 3 aromatic rings. The average molecular weight is 700 g/mol. The molecule has 0 bridgehead atoms. The fraction of sp³-hybridized carbons (Fsp3) is 0.312. The van der Waals surface area contributed by atoms with Crippen molar-refractivity contribution in [2.45, 2.75) is 56.7 Å². The summed E-state index contributed by atoms with van der Waals surface area (Å²) in [6, 6.07) is 13.5. The third kappa shape index (κ3) is 4.72. The van der Waals surface area contributed by atoms with Crippen LogP contribution in [0, 0.1) is 16.3 Å². The monoisotopic (exact) mass is 700 g/mol. The first-order valence-electron chi connectivity index (χ1n) is 14.1. The molecule has 2 fully saturated rings. The Morgan fingerprint density at radius 3 is 2.53 bits per heavy atom. The number of hydrogen-bond acceptors (Lipinski definition) is 4. The average Bonchev–Trinajstić information content (AvgIpc) is 3.31. The number of aromatic nitrogens is 1.